The van der Waals surface area contributed by atoms with Crippen LogP contribution in [0.4, 0.5) is 0 Å². The maximum Gasteiger partial charge on any atom is 0.171 e. The molecule has 0 aliphatic heterocycles. The molecule has 10 rings (SSSR count). The molecular weight excluding hydrogens is 985 g/mol. The summed E-state index contributed by atoms with van der Waals surface area (Å²) >= 11 is 19.1. The van der Waals surface area contributed by atoms with Gasteiger partial charge < -0.3 is 9.47 Å². The Balaban J connectivity index is 1.20. The van der Waals surface area contributed by atoms with Crippen LogP contribution in [0.25, 0.3) is 92.2 Å². The average molecular weight is 1040 g/mol. The largest absolute Gasteiger partial charge is 0.489 e. The second-order valence-electron chi connectivity index (χ2n) is 16.4. The van der Waals surface area contributed by atoms with Crippen LogP contribution in [0, 0.1) is 0 Å². The number of unbranched alkanes of at least 4 members (excludes halogenated alkanes) is 14. The van der Waals surface area contributed by atoms with Gasteiger partial charge in [0, 0.05) is 73.0 Å². The zero-order chi connectivity index (χ0) is 40.7. The summed E-state index contributed by atoms with van der Waals surface area (Å²) in [6, 6.07) is 13.8. The minimum Gasteiger partial charge on any atom is -0.489 e. The minimum absolute atomic E-state index is 0.705. The van der Waals surface area contributed by atoms with Crippen LogP contribution in [0.15, 0.2) is 54.7 Å². The van der Waals surface area contributed by atoms with E-state index in [0.717, 1.165) is 24.3 Å². The normalized spacial score (nSPS) is 12.5. The summed E-state index contributed by atoms with van der Waals surface area (Å²) in [5.74, 6) is 1.95. The van der Waals surface area contributed by atoms with Crippen molar-refractivity contribution in [2.45, 2.75) is 117 Å². The third-order valence-corrected chi connectivity index (χ3v) is 20.4. The topological polar surface area (TPSA) is 18.5 Å². The Morgan fingerprint density at radius 3 is 1.18 bits per heavy atom. The van der Waals surface area contributed by atoms with Gasteiger partial charge in [0.2, 0.25) is 0 Å². The first-order chi connectivity index (χ1) is 29.6. The van der Waals surface area contributed by atoms with Crippen LogP contribution >= 0.6 is 99.9 Å². The zero-order valence-corrected chi connectivity index (χ0v) is 42.4. The van der Waals surface area contributed by atoms with Crippen LogP contribution in [-0.4, -0.2) is 13.2 Å². The van der Waals surface area contributed by atoms with Gasteiger partial charge in [-0.2, -0.15) is 0 Å². The van der Waals surface area contributed by atoms with E-state index < -0.39 is 0 Å². The van der Waals surface area contributed by atoms with Crippen molar-refractivity contribution in [3.05, 3.63) is 54.7 Å². The summed E-state index contributed by atoms with van der Waals surface area (Å²) in [5.41, 5.74) is 0. The van der Waals surface area contributed by atoms with E-state index in [-0.39, 0.29) is 0 Å². The van der Waals surface area contributed by atoms with Gasteiger partial charge in [-0.1, -0.05) is 104 Å². The van der Waals surface area contributed by atoms with Crippen molar-refractivity contribution in [3.63, 3.8) is 0 Å². The number of rotatable bonds is 22. The molecule has 2 nitrogen and oxygen atoms in total. The van der Waals surface area contributed by atoms with Crippen LogP contribution in [0.3, 0.4) is 0 Å². The molecule has 4 aromatic carbocycles. The van der Waals surface area contributed by atoms with Crippen LogP contribution < -0.4 is 9.47 Å². The number of thiophene rings is 6. The molecule has 60 heavy (non-hydrogen) atoms. The molecule has 0 bridgehead atoms. The van der Waals surface area contributed by atoms with Gasteiger partial charge in [-0.15, -0.1) is 68.0 Å². The lowest BCUT2D eigenvalue weighted by atomic mass is 9.87. The minimum atomic E-state index is 0.705. The Bertz CT molecular complexity index is 2820. The van der Waals surface area contributed by atoms with Crippen LogP contribution in [0.2, 0.25) is 0 Å². The second-order valence-corrected chi connectivity index (χ2v) is 25.2. The molecule has 6 aromatic heterocycles. The number of halogens is 2. The first kappa shape index (κ1) is 42.0. The molecule has 0 spiro atoms. The SMILES string of the molecule is CCCCCCCCCCOc1c(OCCCCCCCCCC)c2c3sccc3c3c(-c4ccc(Br)s4)sc4c5sc(-c6ccc(Br)s6)c6c7ccsc7c1c(c56)c2c43. The fraction of sp³-hybridized carbons (Fsp3) is 0.400. The lowest BCUT2D eigenvalue weighted by Gasteiger charge is -2.22. The Morgan fingerprint density at radius 1 is 0.400 bits per heavy atom. The van der Waals surface area contributed by atoms with Gasteiger partial charge in [0.05, 0.1) is 39.9 Å². The molecule has 0 saturated heterocycles. The van der Waals surface area contributed by atoms with E-state index in [1.165, 1.54) is 190 Å². The van der Waals surface area contributed by atoms with Crippen LogP contribution in [0.1, 0.15) is 117 Å². The van der Waals surface area contributed by atoms with E-state index in [9.17, 15) is 0 Å². The highest BCUT2D eigenvalue weighted by atomic mass is 79.9. The predicted octanol–water partition coefficient (Wildman–Crippen LogP) is 20.9. The van der Waals surface area contributed by atoms with Gasteiger partial charge in [0.1, 0.15) is 0 Å². The zero-order valence-electron chi connectivity index (χ0n) is 34.4. The van der Waals surface area contributed by atoms with E-state index in [2.05, 4.69) is 92.9 Å². The highest BCUT2D eigenvalue weighted by Crippen LogP contribution is 2.63. The molecule has 0 unspecified atom stereocenters. The molecule has 0 atom stereocenters. The lowest BCUT2D eigenvalue weighted by molar-refractivity contribution is 0.264. The molecule has 6 heterocycles. The molecule has 0 fully saturated rings. The van der Waals surface area contributed by atoms with Crippen molar-refractivity contribution in [2.75, 3.05) is 13.2 Å². The Morgan fingerprint density at radius 2 is 0.800 bits per heavy atom. The third-order valence-electron chi connectivity index (χ3n) is 12.3. The van der Waals surface area contributed by atoms with Gasteiger partial charge in [-0.25, -0.2) is 0 Å². The monoisotopic (exact) mass is 1030 g/mol. The highest BCUT2D eigenvalue weighted by Gasteiger charge is 2.33. The molecule has 0 amide bonds. The molecule has 10 heteroatoms. The summed E-state index contributed by atoms with van der Waals surface area (Å²) in [6.07, 6.45) is 20.4. The fourth-order valence-electron chi connectivity index (χ4n) is 9.53. The summed E-state index contributed by atoms with van der Waals surface area (Å²) in [5, 5.41) is 18.2. The van der Waals surface area contributed by atoms with Crippen molar-refractivity contribution >= 4 is 173 Å². The summed E-state index contributed by atoms with van der Waals surface area (Å²) in [4.78, 5) is 5.40. The fourth-order valence-corrected chi connectivity index (χ4v) is 17.2. The standard InChI is InChI=1S/C50H50Br2O2S6/c1-3-5-7-9-11-13-15-17-25-53-43-41-37-38-40-36(30-24-28-56-46(30)42(38)44(43)54-26-18-16-14-12-10-8-6-4-2)48(32-20-22-34(52)58-32)60-50(40)49-39(37)35(29-23-27-55-45(29)41)47(59-49)31-19-21-33(51)57-31/h19-24,27-28H,3-18,25-26H2,1-2H3. The molecule has 0 radical (unpaired) electrons. The first-order valence-corrected chi connectivity index (χ1v) is 28.7. The van der Waals surface area contributed by atoms with E-state index in [1.807, 2.05) is 68.0 Å². The van der Waals surface area contributed by atoms with Crippen LogP contribution in [0.5, 0.6) is 11.5 Å². The molecule has 0 saturated carbocycles. The van der Waals surface area contributed by atoms with Crippen molar-refractivity contribution < 1.29 is 9.47 Å². The van der Waals surface area contributed by atoms with Gasteiger partial charge in [-0.3, -0.25) is 0 Å². The van der Waals surface area contributed by atoms with Crippen molar-refractivity contribution in [3.8, 4) is 31.0 Å². The molecule has 312 valence electrons. The number of hydrogen-bond donors (Lipinski definition) is 0. The summed E-state index contributed by atoms with van der Waals surface area (Å²) < 4.78 is 22.3. The number of hydrogen-bond acceptors (Lipinski definition) is 8. The Kier molecular flexibility index (Phi) is 13.0. The highest BCUT2D eigenvalue weighted by molar-refractivity contribution is 9.11. The van der Waals surface area contributed by atoms with Crippen molar-refractivity contribution in [1.29, 1.82) is 0 Å². The van der Waals surface area contributed by atoms with Crippen LogP contribution in [-0.2, 0) is 0 Å². The third kappa shape index (κ3) is 7.52. The number of benzene rings is 4. The van der Waals surface area contributed by atoms with E-state index in [4.69, 9.17) is 9.47 Å². The average Bonchev–Trinajstić information content (AvgIpc) is 4.11. The Hall–Kier alpha value is -2.02. The van der Waals surface area contributed by atoms with E-state index >= 15 is 0 Å². The molecule has 0 aliphatic rings. The lowest BCUT2D eigenvalue weighted by Crippen LogP contribution is -2.05. The molecule has 0 N–H and O–H groups in total. The van der Waals surface area contributed by atoms with Gasteiger partial charge in [0.25, 0.3) is 0 Å². The number of ether oxygens (including phenoxy) is 2. The van der Waals surface area contributed by atoms with E-state index in [0.29, 0.717) is 13.2 Å². The maximum atomic E-state index is 7.27. The summed E-state index contributed by atoms with van der Waals surface area (Å²) in [6.45, 7) is 6.01. The van der Waals surface area contributed by atoms with Gasteiger partial charge >= 0.3 is 0 Å². The smallest absolute Gasteiger partial charge is 0.171 e. The molecule has 0 aliphatic carbocycles. The van der Waals surface area contributed by atoms with Crippen molar-refractivity contribution in [2.24, 2.45) is 0 Å². The first-order valence-electron chi connectivity index (χ1n) is 22.1. The van der Waals surface area contributed by atoms with Gasteiger partial charge in [-0.05, 0) is 91.9 Å². The summed E-state index contributed by atoms with van der Waals surface area (Å²) in [7, 11) is 0. The maximum absolute atomic E-state index is 7.27. The van der Waals surface area contributed by atoms with Gasteiger partial charge in [0.15, 0.2) is 11.5 Å². The molecule has 10 aromatic rings. The number of fused-ring (bicyclic) bond motifs is 7. The quantitative estimate of drug-likeness (QED) is 0.0497. The van der Waals surface area contributed by atoms with E-state index in [1.54, 1.807) is 0 Å². The molecular formula is C50H50Br2O2S6. The second kappa shape index (κ2) is 18.6. The predicted molar refractivity (Wildman–Crippen MR) is 281 cm³/mol. The van der Waals surface area contributed by atoms with Crippen molar-refractivity contribution in [1.82, 2.24) is 0 Å². The Labute approximate surface area is 393 Å².